The van der Waals surface area contributed by atoms with E-state index in [9.17, 15) is 4.79 Å². The maximum atomic E-state index is 12.4. The van der Waals surface area contributed by atoms with Crippen molar-refractivity contribution in [2.45, 2.75) is 25.6 Å². The summed E-state index contributed by atoms with van der Waals surface area (Å²) >= 11 is 0. The molecule has 1 atom stereocenters. The first-order chi connectivity index (χ1) is 13.5. The molecule has 2 N–H and O–H groups in total. The fraction of sp³-hybridized carbons (Fsp3) is 0.364. The Hall–Kier alpha value is -2.86. The third-order valence-electron chi connectivity index (χ3n) is 4.71. The van der Waals surface area contributed by atoms with E-state index in [1.165, 1.54) is 11.1 Å². The number of benzene rings is 2. The van der Waals surface area contributed by atoms with Crippen LogP contribution in [0.3, 0.4) is 0 Å². The SMILES string of the molecule is CN=C(NCc1cccc(CN(C)C)c1)NC1CC(=O)N(c2ccccc2)C1. The Morgan fingerprint density at radius 2 is 1.89 bits per heavy atom. The van der Waals surface area contributed by atoms with Crippen LogP contribution < -0.4 is 15.5 Å². The Morgan fingerprint density at radius 3 is 2.61 bits per heavy atom. The molecule has 1 aliphatic rings. The number of nitrogens with zero attached hydrogens (tertiary/aromatic N) is 3. The Labute approximate surface area is 167 Å². The molecule has 2 aromatic rings. The second-order valence-electron chi connectivity index (χ2n) is 7.37. The van der Waals surface area contributed by atoms with Crippen LogP contribution in [0.15, 0.2) is 59.6 Å². The minimum atomic E-state index is 0.0407. The number of hydrogen-bond donors (Lipinski definition) is 2. The lowest BCUT2D eigenvalue weighted by atomic mass is 10.1. The second-order valence-corrected chi connectivity index (χ2v) is 7.37. The third-order valence-corrected chi connectivity index (χ3v) is 4.71. The molecule has 0 radical (unpaired) electrons. The van der Waals surface area contributed by atoms with Crippen molar-refractivity contribution >= 4 is 17.6 Å². The molecule has 6 nitrogen and oxygen atoms in total. The van der Waals surface area contributed by atoms with Crippen LogP contribution in [0.4, 0.5) is 5.69 Å². The molecular weight excluding hydrogens is 350 g/mol. The molecular formula is C22H29N5O. The first-order valence-corrected chi connectivity index (χ1v) is 9.60. The Bertz CT molecular complexity index is 819. The molecule has 148 valence electrons. The maximum Gasteiger partial charge on any atom is 0.229 e. The van der Waals surface area contributed by atoms with Crippen molar-refractivity contribution < 1.29 is 4.79 Å². The Kier molecular flexibility index (Phi) is 6.66. The lowest BCUT2D eigenvalue weighted by Gasteiger charge is -2.19. The van der Waals surface area contributed by atoms with Crippen LogP contribution in [0.25, 0.3) is 0 Å². The van der Waals surface area contributed by atoms with Crippen LogP contribution in [-0.4, -0.2) is 50.5 Å². The average molecular weight is 380 g/mol. The van der Waals surface area contributed by atoms with Crippen LogP contribution in [0, 0.1) is 0 Å². The summed E-state index contributed by atoms with van der Waals surface area (Å²) in [5.74, 6) is 0.848. The third kappa shape index (κ3) is 5.33. The summed E-state index contributed by atoms with van der Waals surface area (Å²) < 4.78 is 0. The van der Waals surface area contributed by atoms with E-state index in [0.29, 0.717) is 25.5 Å². The van der Waals surface area contributed by atoms with Gasteiger partial charge in [0.15, 0.2) is 5.96 Å². The summed E-state index contributed by atoms with van der Waals surface area (Å²) in [6.07, 6.45) is 0.466. The highest BCUT2D eigenvalue weighted by molar-refractivity contribution is 5.97. The quantitative estimate of drug-likeness (QED) is 0.597. The molecule has 1 aliphatic heterocycles. The van der Waals surface area contributed by atoms with Crippen molar-refractivity contribution in [1.29, 1.82) is 0 Å². The van der Waals surface area contributed by atoms with Crippen molar-refractivity contribution in [2.24, 2.45) is 4.99 Å². The number of aliphatic imine (C=N–C) groups is 1. The summed E-state index contributed by atoms with van der Waals surface area (Å²) in [4.78, 5) is 20.7. The minimum absolute atomic E-state index is 0.0407. The summed E-state index contributed by atoms with van der Waals surface area (Å²) in [6.45, 7) is 2.24. The van der Waals surface area contributed by atoms with Gasteiger partial charge in [-0.1, -0.05) is 42.5 Å². The lowest BCUT2D eigenvalue weighted by Crippen LogP contribution is -2.44. The van der Waals surface area contributed by atoms with E-state index in [1.54, 1.807) is 7.05 Å². The Balaban J connectivity index is 1.55. The van der Waals surface area contributed by atoms with Crippen molar-refractivity contribution in [2.75, 3.05) is 32.6 Å². The molecule has 1 fully saturated rings. The largest absolute Gasteiger partial charge is 0.352 e. The minimum Gasteiger partial charge on any atom is -0.352 e. The highest BCUT2D eigenvalue weighted by Crippen LogP contribution is 2.20. The summed E-state index contributed by atoms with van der Waals surface area (Å²) in [5, 5.41) is 6.74. The number of para-hydroxylation sites is 1. The van der Waals surface area contributed by atoms with Gasteiger partial charge in [0.05, 0.1) is 6.04 Å². The molecule has 1 amide bonds. The zero-order valence-corrected chi connectivity index (χ0v) is 16.9. The molecule has 0 aliphatic carbocycles. The summed E-state index contributed by atoms with van der Waals surface area (Å²) in [6, 6.07) is 18.4. The van der Waals surface area contributed by atoms with Gasteiger partial charge in [-0.2, -0.15) is 0 Å². The zero-order chi connectivity index (χ0) is 19.9. The summed E-state index contributed by atoms with van der Waals surface area (Å²) in [5.41, 5.74) is 3.43. The van der Waals surface area contributed by atoms with Crippen LogP contribution >= 0.6 is 0 Å². The van der Waals surface area contributed by atoms with Gasteiger partial charge in [0.2, 0.25) is 5.91 Å². The molecule has 0 spiro atoms. The van der Waals surface area contributed by atoms with Crippen molar-refractivity contribution in [1.82, 2.24) is 15.5 Å². The van der Waals surface area contributed by atoms with Gasteiger partial charge in [0, 0.05) is 38.8 Å². The predicted octanol–water partition coefficient (Wildman–Crippen LogP) is 2.22. The Morgan fingerprint density at radius 1 is 1.14 bits per heavy atom. The lowest BCUT2D eigenvalue weighted by molar-refractivity contribution is -0.117. The van der Waals surface area contributed by atoms with E-state index >= 15 is 0 Å². The summed E-state index contributed by atoms with van der Waals surface area (Å²) in [7, 11) is 5.89. The fourth-order valence-corrected chi connectivity index (χ4v) is 3.44. The van der Waals surface area contributed by atoms with Gasteiger partial charge in [0.1, 0.15) is 0 Å². The number of hydrogen-bond acceptors (Lipinski definition) is 3. The van der Waals surface area contributed by atoms with Crippen LogP contribution in [0.1, 0.15) is 17.5 Å². The smallest absolute Gasteiger partial charge is 0.229 e. The molecule has 6 heteroatoms. The van der Waals surface area contributed by atoms with E-state index in [1.807, 2.05) is 35.2 Å². The van der Waals surface area contributed by atoms with E-state index in [-0.39, 0.29) is 11.9 Å². The van der Waals surface area contributed by atoms with Gasteiger partial charge >= 0.3 is 0 Å². The van der Waals surface area contributed by atoms with E-state index in [0.717, 1.165) is 12.2 Å². The van der Waals surface area contributed by atoms with Gasteiger partial charge in [-0.3, -0.25) is 9.79 Å². The number of amides is 1. The van der Waals surface area contributed by atoms with Crippen LogP contribution in [0.5, 0.6) is 0 Å². The molecule has 0 saturated carbocycles. The molecule has 28 heavy (non-hydrogen) atoms. The monoisotopic (exact) mass is 379 g/mol. The normalized spacial score (nSPS) is 17.3. The molecule has 1 unspecified atom stereocenters. The first-order valence-electron chi connectivity index (χ1n) is 9.60. The standard InChI is InChI=1S/C22H29N5O/c1-23-22(24-14-17-8-7-9-18(12-17)15-26(2)3)25-19-13-21(28)27(16-19)20-10-5-4-6-11-20/h4-12,19H,13-16H2,1-3H3,(H2,23,24,25). The van der Waals surface area contributed by atoms with Crippen molar-refractivity contribution in [3.63, 3.8) is 0 Å². The average Bonchev–Trinajstić information content (AvgIpc) is 3.05. The topological polar surface area (TPSA) is 60.0 Å². The highest BCUT2D eigenvalue weighted by Gasteiger charge is 2.30. The highest BCUT2D eigenvalue weighted by atomic mass is 16.2. The number of carbonyl (C=O) groups is 1. The van der Waals surface area contributed by atoms with Crippen LogP contribution in [0.2, 0.25) is 0 Å². The van der Waals surface area contributed by atoms with E-state index in [2.05, 4.69) is 58.9 Å². The van der Waals surface area contributed by atoms with Gasteiger partial charge in [-0.25, -0.2) is 0 Å². The van der Waals surface area contributed by atoms with Gasteiger partial charge < -0.3 is 20.4 Å². The van der Waals surface area contributed by atoms with Crippen molar-refractivity contribution in [3.05, 3.63) is 65.7 Å². The fourth-order valence-electron chi connectivity index (χ4n) is 3.44. The molecule has 2 aromatic carbocycles. The molecule has 3 rings (SSSR count). The number of carbonyl (C=O) groups excluding carboxylic acids is 1. The maximum absolute atomic E-state index is 12.4. The number of nitrogens with one attached hydrogen (secondary N) is 2. The van der Waals surface area contributed by atoms with Gasteiger partial charge in [0.25, 0.3) is 0 Å². The number of anilines is 1. The van der Waals surface area contributed by atoms with Gasteiger partial charge in [-0.15, -0.1) is 0 Å². The first kappa shape index (κ1) is 19.9. The van der Waals surface area contributed by atoms with Crippen LogP contribution in [-0.2, 0) is 17.9 Å². The molecule has 1 heterocycles. The van der Waals surface area contributed by atoms with E-state index in [4.69, 9.17) is 0 Å². The van der Waals surface area contributed by atoms with E-state index < -0.39 is 0 Å². The predicted molar refractivity (Wildman–Crippen MR) is 114 cm³/mol. The molecule has 0 aromatic heterocycles. The number of rotatable bonds is 6. The van der Waals surface area contributed by atoms with Crippen molar-refractivity contribution in [3.8, 4) is 0 Å². The van der Waals surface area contributed by atoms with Gasteiger partial charge in [-0.05, 0) is 37.4 Å². The number of guanidine groups is 1. The molecule has 1 saturated heterocycles. The molecule has 0 bridgehead atoms. The second kappa shape index (κ2) is 9.37. The zero-order valence-electron chi connectivity index (χ0n) is 16.9.